The van der Waals surface area contributed by atoms with Gasteiger partial charge in [-0.15, -0.1) is 0 Å². The van der Waals surface area contributed by atoms with E-state index in [4.69, 9.17) is 9.40 Å². The van der Waals surface area contributed by atoms with E-state index in [0.29, 0.717) is 0 Å². The van der Waals surface area contributed by atoms with E-state index < -0.39 is 10.0 Å². The normalized spacial score (nSPS) is 17.5. The van der Waals surface area contributed by atoms with E-state index in [0.717, 1.165) is 33.3 Å². The number of fused-ring (bicyclic) bond motifs is 7. The lowest BCUT2D eigenvalue weighted by molar-refractivity contribution is 0.669. The maximum Gasteiger partial charge on any atom is 0.153 e. The van der Waals surface area contributed by atoms with Gasteiger partial charge in [0.15, 0.2) is 5.58 Å². The molecule has 0 unspecified atom stereocenters. The van der Waals surface area contributed by atoms with Crippen LogP contribution in [0.15, 0.2) is 112 Å². The van der Waals surface area contributed by atoms with Gasteiger partial charge in [-0.2, -0.15) is 10.0 Å². The maximum atomic E-state index is 6.25. The topological polar surface area (TPSA) is 38.9 Å². The van der Waals surface area contributed by atoms with Gasteiger partial charge in [-0.25, -0.2) is 0 Å². The number of pyridine rings is 2. The van der Waals surface area contributed by atoms with Crippen molar-refractivity contribution in [2.45, 2.75) is 28.0 Å². The number of benzene rings is 3. The fourth-order valence-corrected chi connectivity index (χ4v) is 9.02. The Labute approximate surface area is 217 Å². The van der Waals surface area contributed by atoms with E-state index >= 15 is 0 Å². The molecule has 1 fully saturated rings. The van der Waals surface area contributed by atoms with Crippen LogP contribution in [0.5, 0.6) is 0 Å². The average Bonchev–Trinajstić information content (AvgIpc) is 3.66. The Kier molecular flexibility index (Phi) is 4.20. The monoisotopic (exact) mass is 498 g/mol. The van der Waals surface area contributed by atoms with Gasteiger partial charge in [-0.3, -0.25) is 9.97 Å². The van der Waals surface area contributed by atoms with Gasteiger partial charge in [0, 0.05) is 28.8 Å². The number of hydrogen-bond acceptors (Lipinski definition) is 3. The number of rotatable bonds is 2. The van der Waals surface area contributed by atoms with E-state index in [9.17, 15) is 0 Å². The average molecular weight is 499 g/mol. The van der Waals surface area contributed by atoms with Crippen LogP contribution in [0.4, 0.5) is 0 Å². The van der Waals surface area contributed by atoms with Crippen LogP contribution < -0.4 is 0 Å². The lowest BCUT2D eigenvalue weighted by atomic mass is 9.86. The highest BCUT2D eigenvalue weighted by atomic mass is 32.3. The number of para-hydroxylation sites is 1. The van der Waals surface area contributed by atoms with Crippen LogP contribution >= 0.6 is 10.0 Å². The molecule has 6 aromatic rings. The molecule has 4 heterocycles. The van der Waals surface area contributed by atoms with Crippen molar-refractivity contribution in [1.29, 1.82) is 0 Å². The first kappa shape index (κ1) is 21.2. The summed E-state index contributed by atoms with van der Waals surface area (Å²) in [5.74, 6) is 0. The minimum Gasteiger partial charge on any atom is -0.454 e. The highest BCUT2D eigenvalue weighted by Crippen LogP contribution is 2.71. The van der Waals surface area contributed by atoms with Crippen molar-refractivity contribution in [1.82, 2.24) is 9.97 Å². The molecule has 1 saturated carbocycles. The molecule has 37 heavy (non-hydrogen) atoms. The van der Waals surface area contributed by atoms with Crippen LogP contribution in [0.25, 0.3) is 44.5 Å². The smallest absolute Gasteiger partial charge is 0.153 e. The molecule has 0 amide bonds. The summed E-state index contributed by atoms with van der Waals surface area (Å²) in [5, 5.41) is 1.02. The predicted molar refractivity (Wildman–Crippen MR) is 153 cm³/mol. The van der Waals surface area contributed by atoms with Crippen LogP contribution in [0.2, 0.25) is 0 Å². The van der Waals surface area contributed by atoms with Crippen molar-refractivity contribution in [3.63, 3.8) is 0 Å². The van der Waals surface area contributed by atoms with Crippen LogP contribution in [0.1, 0.15) is 24.0 Å². The molecule has 4 heteroatoms. The molecule has 3 nitrogen and oxygen atoms in total. The van der Waals surface area contributed by atoms with Crippen LogP contribution in [0, 0.1) is 0 Å². The van der Waals surface area contributed by atoms with Gasteiger partial charge < -0.3 is 4.42 Å². The van der Waals surface area contributed by atoms with Crippen molar-refractivity contribution in [2.75, 3.05) is 12.5 Å². The summed E-state index contributed by atoms with van der Waals surface area (Å²) in [6.45, 7) is 0. The summed E-state index contributed by atoms with van der Waals surface area (Å²) < 4.78 is 6.25. The van der Waals surface area contributed by atoms with E-state index in [-0.39, 0.29) is 5.41 Å². The lowest BCUT2D eigenvalue weighted by Crippen LogP contribution is -2.21. The minimum absolute atomic E-state index is 0.188. The van der Waals surface area contributed by atoms with Crippen LogP contribution in [-0.4, -0.2) is 22.5 Å². The molecule has 1 aliphatic carbocycles. The second-order valence-corrected chi connectivity index (χ2v) is 14.2. The largest absolute Gasteiger partial charge is 0.454 e. The van der Waals surface area contributed by atoms with E-state index in [1.807, 2.05) is 24.5 Å². The Bertz CT molecular complexity index is 1880. The second kappa shape index (κ2) is 7.33. The Hall–Kier alpha value is -3.89. The van der Waals surface area contributed by atoms with Gasteiger partial charge in [0.05, 0.1) is 5.69 Å². The number of nitrogens with zero attached hydrogens (tertiary/aromatic N) is 2. The number of furan rings is 1. The number of aromatic nitrogens is 2. The molecule has 3 aromatic heterocycles. The zero-order chi connectivity index (χ0) is 24.8. The van der Waals surface area contributed by atoms with Crippen molar-refractivity contribution >= 4 is 32.1 Å². The molecule has 2 aliphatic rings. The summed E-state index contributed by atoms with van der Waals surface area (Å²) in [5.41, 5.74) is 10.2. The quantitative estimate of drug-likeness (QED) is 0.240. The van der Waals surface area contributed by atoms with E-state index in [2.05, 4.69) is 90.3 Å². The Morgan fingerprint density at radius 1 is 0.730 bits per heavy atom. The molecule has 0 atom stereocenters. The van der Waals surface area contributed by atoms with Crippen LogP contribution in [0.3, 0.4) is 0 Å². The first-order chi connectivity index (χ1) is 18.1. The van der Waals surface area contributed by atoms with Crippen molar-refractivity contribution in [3.8, 4) is 22.4 Å². The van der Waals surface area contributed by atoms with Gasteiger partial charge in [0.2, 0.25) is 0 Å². The highest BCUT2D eigenvalue weighted by molar-refractivity contribution is 8.32. The van der Waals surface area contributed by atoms with E-state index in [1.165, 1.54) is 29.5 Å². The Morgan fingerprint density at radius 3 is 2.46 bits per heavy atom. The fourth-order valence-electron chi connectivity index (χ4n) is 6.34. The van der Waals surface area contributed by atoms with Gasteiger partial charge in [-0.05, 0) is 112 Å². The van der Waals surface area contributed by atoms with Gasteiger partial charge >= 0.3 is 0 Å². The molecule has 3 aromatic carbocycles. The summed E-state index contributed by atoms with van der Waals surface area (Å²) in [6, 6.07) is 30.8. The molecule has 0 saturated heterocycles. The Balaban J connectivity index is 1.28. The summed E-state index contributed by atoms with van der Waals surface area (Å²) in [4.78, 5) is 12.4. The molecular weight excluding hydrogens is 472 g/mol. The molecule has 8 rings (SSSR count). The fraction of sp³-hybridized carbons (Fsp3) is 0.152. The third-order valence-corrected chi connectivity index (χ3v) is 11.3. The van der Waals surface area contributed by atoms with Crippen molar-refractivity contribution in [2.24, 2.45) is 0 Å². The van der Waals surface area contributed by atoms with Crippen LogP contribution in [-0.2, 0) is 5.41 Å². The summed E-state index contributed by atoms with van der Waals surface area (Å²) >= 11 is 0. The molecule has 1 spiro atoms. The van der Waals surface area contributed by atoms with Gasteiger partial charge in [-0.1, -0.05) is 30.3 Å². The summed E-state index contributed by atoms with van der Waals surface area (Å²) in [7, 11) is -1.05. The molecule has 1 aliphatic heterocycles. The second-order valence-electron chi connectivity index (χ2n) is 10.7. The lowest BCUT2D eigenvalue weighted by Gasteiger charge is -2.43. The molecule has 0 bridgehead atoms. The van der Waals surface area contributed by atoms with Crippen molar-refractivity contribution < 1.29 is 4.42 Å². The first-order valence-corrected chi connectivity index (χ1v) is 15.2. The zero-order valence-electron chi connectivity index (χ0n) is 20.9. The molecule has 0 N–H and O–H groups in total. The molecule has 0 radical (unpaired) electrons. The van der Waals surface area contributed by atoms with Crippen molar-refractivity contribution in [3.05, 3.63) is 108 Å². The first-order valence-electron chi connectivity index (χ1n) is 12.8. The SMILES string of the molecule is CS1(C)c2ccccc2C2(CC2)c2cc(-c3ccnc(-c4cccc5c4oc4cccnc45)c3)ccc21. The number of hydrogen-bond donors (Lipinski definition) is 0. The summed E-state index contributed by atoms with van der Waals surface area (Å²) in [6.07, 6.45) is 11.1. The molecule has 180 valence electrons. The third-order valence-electron chi connectivity index (χ3n) is 8.37. The zero-order valence-corrected chi connectivity index (χ0v) is 21.7. The standard InChI is InChI=1S/C33H26N2OS/c1-37(2)29-11-4-3-9-25(29)33(15-16-33)26-19-21(12-13-30(26)37)22-14-18-34-27(20-22)23-7-5-8-24-31-28(36-32(23)24)10-6-17-35-31/h3-14,17-20H,15-16H2,1-2H3. The third kappa shape index (κ3) is 2.90. The Morgan fingerprint density at radius 2 is 1.57 bits per heavy atom. The minimum atomic E-state index is -1.05. The van der Waals surface area contributed by atoms with Gasteiger partial charge in [0.1, 0.15) is 11.1 Å². The maximum absolute atomic E-state index is 6.25. The molecular formula is C33H26N2OS. The van der Waals surface area contributed by atoms with Gasteiger partial charge in [0.25, 0.3) is 0 Å². The highest BCUT2D eigenvalue weighted by Gasteiger charge is 2.53. The predicted octanol–water partition coefficient (Wildman–Crippen LogP) is 8.59. The van der Waals surface area contributed by atoms with E-state index in [1.54, 1.807) is 15.4 Å².